The molecule has 1 aromatic heterocycles. The van der Waals surface area contributed by atoms with Gasteiger partial charge in [0.1, 0.15) is 10.8 Å². The van der Waals surface area contributed by atoms with E-state index in [1.807, 2.05) is 31.0 Å². The third kappa shape index (κ3) is 3.94. The molecule has 94 valence electrons. The fraction of sp³-hybridized carbons (Fsp3) is 0.500. The minimum Gasteiger partial charge on any atom is -0.393 e. The van der Waals surface area contributed by atoms with E-state index in [0.717, 1.165) is 17.1 Å². The summed E-state index contributed by atoms with van der Waals surface area (Å²) in [6.45, 7) is 4.41. The lowest BCUT2D eigenvalue weighted by Crippen LogP contribution is -2.26. The zero-order chi connectivity index (χ0) is 13.0. The summed E-state index contributed by atoms with van der Waals surface area (Å²) >= 11 is 5.01. The summed E-state index contributed by atoms with van der Waals surface area (Å²) in [4.78, 5) is 6.76. The van der Waals surface area contributed by atoms with E-state index in [-0.39, 0.29) is 6.10 Å². The van der Waals surface area contributed by atoms with Crippen LogP contribution in [-0.4, -0.2) is 34.8 Å². The van der Waals surface area contributed by atoms with Gasteiger partial charge in [0.2, 0.25) is 0 Å². The molecule has 0 radical (unpaired) electrons. The molecule has 0 aromatic carbocycles. The van der Waals surface area contributed by atoms with Gasteiger partial charge in [-0.3, -0.25) is 0 Å². The van der Waals surface area contributed by atoms with E-state index in [9.17, 15) is 5.11 Å². The van der Waals surface area contributed by atoms with Crippen molar-refractivity contribution in [1.29, 1.82) is 0 Å². The highest BCUT2D eigenvalue weighted by molar-refractivity contribution is 7.80. The van der Waals surface area contributed by atoms with Gasteiger partial charge in [0.05, 0.1) is 11.7 Å². The Kier molecular flexibility index (Phi) is 4.84. The van der Waals surface area contributed by atoms with Crippen LogP contribution in [0.2, 0.25) is 0 Å². The molecule has 0 saturated heterocycles. The molecule has 5 heteroatoms. The van der Waals surface area contributed by atoms with Gasteiger partial charge in [-0.05, 0) is 32.4 Å². The van der Waals surface area contributed by atoms with E-state index >= 15 is 0 Å². The number of pyridine rings is 1. The first-order valence-corrected chi connectivity index (χ1v) is 5.99. The Balaban J connectivity index is 2.94. The molecule has 0 amide bonds. The highest BCUT2D eigenvalue weighted by atomic mass is 32.1. The van der Waals surface area contributed by atoms with Gasteiger partial charge in [0.15, 0.2) is 0 Å². The van der Waals surface area contributed by atoms with Crippen LogP contribution in [0.25, 0.3) is 0 Å². The van der Waals surface area contributed by atoms with Crippen LogP contribution < -0.4 is 10.6 Å². The third-order valence-corrected chi connectivity index (χ3v) is 2.74. The van der Waals surface area contributed by atoms with Crippen molar-refractivity contribution in [2.75, 3.05) is 18.5 Å². The summed E-state index contributed by atoms with van der Waals surface area (Å²) in [6.07, 6.45) is 0.360. The first kappa shape index (κ1) is 13.9. The van der Waals surface area contributed by atoms with Gasteiger partial charge in [-0.25, -0.2) is 4.98 Å². The van der Waals surface area contributed by atoms with E-state index in [0.29, 0.717) is 18.0 Å². The number of anilines is 1. The van der Waals surface area contributed by atoms with Gasteiger partial charge in [-0.2, -0.15) is 0 Å². The molecule has 1 atom stereocenters. The zero-order valence-corrected chi connectivity index (χ0v) is 11.3. The van der Waals surface area contributed by atoms with E-state index < -0.39 is 0 Å². The second-order valence-corrected chi connectivity index (χ2v) is 4.69. The highest BCUT2D eigenvalue weighted by Gasteiger charge is 2.12. The monoisotopic (exact) mass is 253 g/mol. The van der Waals surface area contributed by atoms with Crippen molar-refractivity contribution in [2.45, 2.75) is 26.4 Å². The second-order valence-electron chi connectivity index (χ2n) is 4.25. The van der Waals surface area contributed by atoms with Gasteiger partial charge in [0.25, 0.3) is 0 Å². The predicted octanol–water partition coefficient (Wildman–Crippen LogP) is 1.23. The molecular formula is C12H19N3OS. The van der Waals surface area contributed by atoms with Crippen LogP contribution in [0.4, 0.5) is 5.82 Å². The van der Waals surface area contributed by atoms with Crippen molar-refractivity contribution >= 4 is 23.0 Å². The van der Waals surface area contributed by atoms with E-state index in [1.165, 1.54) is 0 Å². The first-order valence-electron chi connectivity index (χ1n) is 5.58. The minimum absolute atomic E-state index is 0.324. The second kappa shape index (κ2) is 5.93. The number of aliphatic hydroxyl groups is 1. The lowest BCUT2D eigenvalue weighted by atomic mass is 10.2. The van der Waals surface area contributed by atoms with Crippen molar-refractivity contribution in [1.82, 2.24) is 4.98 Å². The summed E-state index contributed by atoms with van der Waals surface area (Å²) in [5.41, 5.74) is 7.37. The fourth-order valence-electron chi connectivity index (χ4n) is 1.51. The van der Waals surface area contributed by atoms with Crippen molar-refractivity contribution in [3.63, 3.8) is 0 Å². The quantitative estimate of drug-likeness (QED) is 0.773. The standard InChI is InChI=1S/C12H19N3OS/c1-8-4-5-10(11(13)17)12(14-8)15(3)7-6-9(2)16/h4-5,9,16H,6-7H2,1-3H3,(H2,13,17). The molecule has 0 spiro atoms. The Morgan fingerprint density at radius 2 is 2.24 bits per heavy atom. The number of thiocarbonyl (C=S) groups is 1. The van der Waals surface area contributed by atoms with Gasteiger partial charge < -0.3 is 15.7 Å². The summed E-state index contributed by atoms with van der Waals surface area (Å²) < 4.78 is 0. The minimum atomic E-state index is -0.324. The van der Waals surface area contributed by atoms with Gasteiger partial charge in [-0.15, -0.1) is 0 Å². The van der Waals surface area contributed by atoms with Gasteiger partial charge in [0, 0.05) is 19.3 Å². The molecule has 17 heavy (non-hydrogen) atoms. The Morgan fingerprint density at radius 3 is 2.76 bits per heavy atom. The van der Waals surface area contributed by atoms with Crippen molar-refractivity contribution in [3.8, 4) is 0 Å². The number of nitrogens with two attached hydrogens (primary N) is 1. The molecule has 0 saturated carbocycles. The molecule has 3 N–H and O–H groups in total. The fourth-order valence-corrected chi connectivity index (χ4v) is 1.67. The van der Waals surface area contributed by atoms with Crippen LogP contribution in [0, 0.1) is 6.92 Å². The number of aryl methyl sites for hydroxylation is 1. The highest BCUT2D eigenvalue weighted by Crippen LogP contribution is 2.17. The molecule has 1 heterocycles. The van der Waals surface area contributed by atoms with Gasteiger partial charge in [-0.1, -0.05) is 12.2 Å². The summed E-state index contributed by atoms with van der Waals surface area (Å²) in [7, 11) is 1.92. The number of nitrogens with zero attached hydrogens (tertiary/aromatic N) is 2. The summed E-state index contributed by atoms with van der Waals surface area (Å²) in [5.74, 6) is 0.776. The zero-order valence-electron chi connectivity index (χ0n) is 10.5. The van der Waals surface area contributed by atoms with Crippen LogP contribution in [0.15, 0.2) is 12.1 Å². The average molecular weight is 253 g/mol. The molecule has 0 bridgehead atoms. The lowest BCUT2D eigenvalue weighted by molar-refractivity contribution is 0.187. The van der Waals surface area contributed by atoms with Crippen molar-refractivity contribution in [3.05, 3.63) is 23.4 Å². The summed E-state index contributed by atoms with van der Waals surface area (Å²) in [5, 5.41) is 9.28. The molecule has 1 unspecified atom stereocenters. The normalized spacial score (nSPS) is 12.2. The molecular weight excluding hydrogens is 234 g/mol. The van der Waals surface area contributed by atoms with Gasteiger partial charge >= 0.3 is 0 Å². The molecule has 1 aromatic rings. The number of aromatic nitrogens is 1. The van der Waals surface area contributed by atoms with Crippen molar-refractivity contribution < 1.29 is 5.11 Å². The maximum absolute atomic E-state index is 9.28. The number of rotatable bonds is 5. The lowest BCUT2D eigenvalue weighted by Gasteiger charge is -2.22. The maximum atomic E-state index is 9.28. The average Bonchev–Trinajstić information content (AvgIpc) is 2.25. The molecule has 0 fully saturated rings. The molecule has 1 rings (SSSR count). The molecule has 0 aliphatic rings. The van der Waals surface area contributed by atoms with Crippen molar-refractivity contribution in [2.24, 2.45) is 5.73 Å². The Hall–Kier alpha value is -1.20. The number of aliphatic hydroxyl groups excluding tert-OH is 1. The van der Waals surface area contributed by atoms with E-state index in [1.54, 1.807) is 6.92 Å². The summed E-state index contributed by atoms with van der Waals surface area (Å²) in [6, 6.07) is 3.78. The van der Waals surface area contributed by atoms with Crippen LogP contribution in [0.5, 0.6) is 0 Å². The van der Waals surface area contributed by atoms with E-state index in [2.05, 4.69) is 4.98 Å². The first-order chi connectivity index (χ1) is 7.91. The number of hydrogen-bond acceptors (Lipinski definition) is 4. The Bertz CT molecular complexity index is 407. The smallest absolute Gasteiger partial charge is 0.138 e. The number of hydrogen-bond donors (Lipinski definition) is 2. The Labute approximate surface area is 107 Å². The molecule has 0 aliphatic heterocycles. The third-order valence-electron chi connectivity index (χ3n) is 2.52. The molecule has 4 nitrogen and oxygen atoms in total. The van der Waals surface area contributed by atoms with Crippen LogP contribution >= 0.6 is 12.2 Å². The van der Waals surface area contributed by atoms with Crippen LogP contribution in [-0.2, 0) is 0 Å². The van der Waals surface area contributed by atoms with E-state index in [4.69, 9.17) is 18.0 Å². The Morgan fingerprint density at radius 1 is 1.59 bits per heavy atom. The maximum Gasteiger partial charge on any atom is 0.138 e. The topological polar surface area (TPSA) is 62.4 Å². The predicted molar refractivity (Wildman–Crippen MR) is 74.4 cm³/mol. The largest absolute Gasteiger partial charge is 0.393 e. The SMILES string of the molecule is Cc1ccc(C(N)=S)c(N(C)CCC(C)O)n1. The van der Waals surface area contributed by atoms with Crippen LogP contribution in [0.3, 0.4) is 0 Å². The van der Waals surface area contributed by atoms with Crippen LogP contribution in [0.1, 0.15) is 24.6 Å². The molecule has 0 aliphatic carbocycles.